The smallest absolute Gasteiger partial charge is 0.224 e. The zero-order chi connectivity index (χ0) is 15.5. The number of carboxylic acid groups (broad SMARTS) is 1. The van der Waals surface area contributed by atoms with Crippen molar-refractivity contribution < 1.29 is 24.3 Å². The van der Waals surface area contributed by atoms with E-state index in [1.165, 1.54) is 4.90 Å². The number of aliphatic carboxylic acids is 1. The maximum Gasteiger partial charge on any atom is 0.224 e. The van der Waals surface area contributed by atoms with Crippen molar-refractivity contribution in [2.24, 2.45) is 23.7 Å². The van der Waals surface area contributed by atoms with E-state index in [1.54, 1.807) is 0 Å². The molecule has 1 heterocycles. The lowest BCUT2D eigenvalue weighted by molar-refractivity contribution is -0.908. The highest BCUT2D eigenvalue weighted by molar-refractivity contribution is 5.85. The van der Waals surface area contributed by atoms with Crippen molar-refractivity contribution >= 4 is 11.9 Å². The molecule has 3 fully saturated rings. The fraction of sp³-hybridized carbons (Fsp3) is 0.875. The minimum absolute atomic E-state index is 0.0709. The van der Waals surface area contributed by atoms with Crippen molar-refractivity contribution in [3.05, 3.63) is 0 Å². The van der Waals surface area contributed by atoms with Crippen LogP contribution in [0.4, 0.5) is 0 Å². The quantitative estimate of drug-likeness (QED) is 0.547. The first-order valence-electron chi connectivity index (χ1n) is 8.56. The Balaban J connectivity index is 1.42. The number of ether oxygens (including phenoxy) is 1. The highest BCUT2D eigenvalue weighted by Crippen LogP contribution is 2.52. The summed E-state index contributed by atoms with van der Waals surface area (Å²) < 4.78 is 5.32. The first-order valence-corrected chi connectivity index (χ1v) is 8.56. The van der Waals surface area contributed by atoms with E-state index in [0.717, 1.165) is 58.5 Å². The molecule has 0 spiro atoms. The zero-order valence-electron chi connectivity index (χ0n) is 13.0. The lowest BCUT2D eigenvalue weighted by Gasteiger charge is -2.30. The van der Waals surface area contributed by atoms with Gasteiger partial charge in [0.2, 0.25) is 5.91 Å². The molecule has 3 rings (SSSR count). The van der Waals surface area contributed by atoms with E-state index in [2.05, 4.69) is 5.32 Å². The zero-order valence-corrected chi connectivity index (χ0v) is 13.0. The SMILES string of the molecule is O=C([O-])[C@@H]1[C@H]2CC[C@H](C2)[C@@H]1C(=O)NCCC[NH+]1CCOCC1. The van der Waals surface area contributed by atoms with Gasteiger partial charge in [-0.3, -0.25) is 4.79 Å². The summed E-state index contributed by atoms with van der Waals surface area (Å²) in [5, 5.41) is 14.3. The number of hydrogen-bond acceptors (Lipinski definition) is 4. The van der Waals surface area contributed by atoms with E-state index in [4.69, 9.17) is 4.74 Å². The van der Waals surface area contributed by atoms with E-state index < -0.39 is 11.9 Å². The summed E-state index contributed by atoms with van der Waals surface area (Å²) in [5.41, 5.74) is 0. The van der Waals surface area contributed by atoms with Crippen molar-refractivity contribution in [2.75, 3.05) is 39.4 Å². The molecule has 1 aliphatic heterocycles. The lowest BCUT2D eigenvalue weighted by Crippen LogP contribution is -3.14. The molecular weight excluding hydrogens is 284 g/mol. The summed E-state index contributed by atoms with van der Waals surface area (Å²) in [4.78, 5) is 25.2. The molecule has 2 bridgehead atoms. The third-order valence-electron chi connectivity index (χ3n) is 5.70. The normalized spacial score (nSPS) is 34.7. The van der Waals surface area contributed by atoms with Crippen LogP contribution in [-0.2, 0) is 14.3 Å². The Morgan fingerprint density at radius 2 is 1.82 bits per heavy atom. The number of morpholine rings is 1. The number of carbonyl (C=O) groups excluding carboxylic acids is 2. The van der Waals surface area contributed by atoms with E-state index >= 15 is 0 Å². The highest BCUT2D eigenvalue weighted by Gasteiger charge is 2.51. The molecule has 0 aromatic heterocycles. The standard InChI is InChI=1S/C16H26N2O4/c19-15(17-4-1-5-18-6-8-22-9-7-18)13-11-2-3-12(10-11)14(13)16(20)21/h11-14H,1-10H2,(H,17,19)(H,20,21)/t11-,12+,13+,14-/m1/s1. The number of fused-ring (bicyclic) bond motifs is 2. The Kier molecular flexibility index (Phi) is 4.98. The number of quaternary nitrogens is 1. The molecule has 3 aliphatic rings. The van der Waals surface area contributed by atoms with E-state index in [-0.39, 0.29) is 23.7 Å². The number of carboxylic acids is 1. The van der Waals surface area contributed by atoms with Crippen LogP contribution in [0.3, 0.4) is 0 Å². The molecule has 2 aliphatic carbocycles. The molecule has 0 aromatic rings. The van der Waals surface area contributed by atoms with Gasteiger partial charge in [-0.2, -0.15) is 0 Å². The summed E-state index contributed by atoms with van der Waals surface area (Å²) in [7, 11) is 0. The molecule has 0 unspecified atom stereocenters. The van der Waals surface area contributed by atoms with E-state index in [0.29, 0.717) is 6.54 Å². The summed E-state index contributed by atoms with van der Waals surface area (Å²) >= 11 is 0. The first-order chi connectivity index (χ1) is 10.7. The molecule has 2 saturated carbocycles. The fourth-order valence-electron chi connectivity index (χ4n) is 4.59. The molecule has 0 aromatic carbocycles. The Hall–Kier alpha value is -1.14. The largest absolute Gasteiger partial charge is 0.550 e. The van der Waals surface area contributed by atoms with Crippen molar-refractivity contribution in [1.82, 2.24) is 5.32 Å². The van der Waals surface area contributed by atoms with Crippen molar-refractivity contribution in [3.8, 4) is 0 Å². The third-order valence-corrected chi connectivity index (χ3v) is 5.70. The predicted octanol–water partition coefficient (Wildman–Crippen LogP) is -2.18. The van der Waals surface area contributed by atoms with E-state index in [1.807, 2.05) is 0 Å². The van der Waals surface area contributed by atoms with Gasteiger partial charge in [0.05, 0.1) is 19.8 Å². The summed E-state index contributed by atoms with van der Waals surface area (Å²) in [6, 6.07) is 0. The molecule has 1 saturated heterocycles. The molecular formula is C16H26N2O4. The molecule has 6 heteroatoms. The number of hydrogen-bond donors (Lipinski definition) is 2. The van der Waals surface area contributed by atoms with Gasteiger partial charge < -0.3 is 24.9 Å². The van der Waals surface area contributed by atoms with Gasteiger partial charge in [-0.15, -0.1) is 0 Å². The molecule has 2 N–H and O–H groups in total. The monoisotopic (exact) mass is 310 g/mol. The van der Waals surface area contributed by atoms with Gasteiger partial charge >= 0.3 is 0 Å². The van der Waals surface area contributed by atoms with Crippen LogP contribution in [0.15, 0.2) is 0 Å². The van der Waals surface area contributed by atoms with Crippen molar-refractivity contribution in [2.45, 2.75) is 25.7 Å². The summed E-state index contributed by atoms with van der Waals surface area (Å²) in [6.07, 6.45) is 3.74. The molecule has 0 radical (unpaired) electrons. The maximum absolute atomic E-state index is 12.4. The van der Waals surface area contributed by atoms with Gasteiger partial charge in [0.1, 0.15) is 13.1 Å². The number of nitrogens with one attached hydrogen (secondary N) is 2. The van der Waals surface area contributed by atoms with Gasteiger partial charge in [-0.05, 0) is 31.1 Å². The van der Waals surface area contributed by atoms with Gasteiger partial charge in [-0.25, -0.2) is 0 Å². The van der Waals surface area contributed by atoms with Crippen molar-refractivity contribution in [3.63, 3.8) is 0 Å². The Morgan fingerprint density at radius 3 is 2.50 bits per heavy atom. The first kappa shape index (κ1) is 15.7. The third kappa shape index (κ3) is 3.27. The minimum Gasteiger partial charge on any atom is -0.550 e. The molecule has 1 amide bonds. The molecule has 4 atom stereocenters. The van der Waals surface area contributed by atoms with Gasteiger partial charge in [0, 0.05) is 30.8 Å². The average molecular weight is 310 g/mol. The molecule has 124 valence electrons. The summed E-state index contributed by atoms with van der Waals surface area (Å²) in [5.74, 6) is -1.63. The Labute approximate surface area is 131 Å². The van der Waals surface area contributed by atoms with Gasteiger partial charge in [0.15, 0.2) is 0 Å². The van der Waals surface area contributed by atoms with Crippen LogP contribution in [0, 0.1) is 23.7 Å². The van der Waals surface area contributed by atoms with Crippen LogP contribution in [-0.4, -0.2) is 51.3 Å². The van der Waals surface area contributed by atoms with Crippen LogP contribution in [0.25, 0.3) is 0 Å². The number of amides is 1. The number of carbonyl (C=O) groups is 2. The summed E-state index contributed by atoms with van der Waals surface area (Å²) in [6.45, 7) is 5.38. The van der Waals surface area contributed by atoms with Crippen LogP contribution < -0.4 is 15.3 Å². The highest BCUT2D eigenvalue weighted by atomic mass is 16.5. The average Bonchev–Trinajstić information content (AvgIpc) is 3.13. The van der Waals surface area contributed by atoms with E-state index in [9.17, 15) is 14.7 Å². The number of rotatable bonds is 6. The van der Waals surface area contributed by atoms with Crippen LogP contribution >= 0.6 is 0 Å². The fourth-order valence-corrected chi connectivity index (χ4v) is 4.59. The predicted molar refractivity (Wildman–Crippen MR) is 76.8 cm³/mol. The van der Waals surface area contributed by atoms with Gasteiger partial charge in [0.25, 0.3) is 0 Å². The molecule has 22 heavy (non-hydrogen) atoms. The van der Waals surface area contributed by atoms with Crippen LogP contribution in [0.2, 0.25) is 0 Å². The van der Waals surface area contributed by atoms with Gasteiger partial charge in [-0.1, -0.05) is 0 Å². The maximum atomic E-state index is 12.4. The second-order valence-electron chi connectivity index (χ2n) is 6.96. The second-order valence-corrected chi connectivity index (χ2v) is 6.96. The second kappa shape index (κ2) is 6.96. The molecule has 6 nitrogen and oxygen atoms in total. The van der Waals surface area contributed by atoms with Crippen molar-refractivity contribution in [1.29, 1.82) is 0 Å². The topological polar surface area (TPSA) is 82.9 Å². The lowest BCUT2D eigenvalue weighted by atomic mass is 9.78. The van der Waals surface area contributed by atoms with Crippen LogP contribution in [0.5, 0.6) is 0 Å². The minimum atomic E-state index is -1.04. The Morgan fingerprint density at radius 1 is 1.14 bits per heavy atom. The Bertz CT molecular complexity index is 422. The van der Waals surface area contributed by atoms with Crippen LogP contribution in [0.1, 0.15) is 25.7 Å².